The van der Waals surface area contributed by atoms with Crippen molar-refractivity contribution >= 4 is 22.8 Å². The lowest BCUT2D eigenvalue weighted by Gasteiger charge is -2.07. The normalized spacial score (nSPS) is 11.1. The van der Waals surface area contributed by atoms with E-state index in [4.69, 9.17) is 11.6 Å². The number of aryl methyl sites for hydroxylation is 1. The van der Waals surface area contributed by atoms with Crippen LogP contribution >= 0.6 is 11.6 Å². The molecule has 0 bridgehead atoms. The molecule has 0 aliphatic rings. The van der Waals surface area contributed by atoms with Crippen LogP contribution in [-0.4, -0.2) is 14.5 Å². The second-order valence-corrected chi connectivity index (χ2v) is 4.54. The first-order valence-electron chi connectivity index (χ1n) is 5.86. The van der Waals surface area contributed by atoms with Crippen molar-refractivity contribution in [2.45, 2.75) is 12.8 Å². The van der Waals surface area contributed by atoms with Crippen molar-refractivity contribution in [2.75, 3.05) is 0 Å². The quantitative estimate of drug-likeness (QED) is 0.669. The zero-order valence-electron chi connectivity index (χ0n) is 10.3. The summed E-state index contributed by atoms with van der Waals surface area (Å²) in [5.41, 5.74) is 3.01. The van der Waals surface area contributed by atoms with Crippen molar-refractivity contribution in [1.82, 2.24) is 14.5 Å². The van der Waals surface area contributed by atoms with E-state index in [0.717, 1.165) is 11.2 Å². The molecule has 96 valence electrons. The van der Waals surface area contributed by atoms with Gasteiger partial charge in [0.25, 0.3) is 0 Å². The van der Waals surface area contributed by atoms with Gasteiger partial charge in [-0.15, -0.1) is 11.6 Å². The van der Waals surface area contributed by atoms with Crippen LogP contribution < -0.4 is 0 Å². The first-order chi connectivity index (χ1) is 9.19. The van der Waals surface area contributed by atoms with Gasteiger partial charge in [-0.3, -0.25) is 4.57 Å². The summed E-state index contributed by atoms with van der Waals surface area (Å²) < 4.78 is 15.2. The molecule has 5 heteroatoms. The van der Waals surface area contributed by atoms with E-state index in [1.165, 1.54) is 12.1 Å². The third-order valence-corrected chi connectivity index (χ3v) is 3.14. The molecule has 0 radical (unpaired) electrons. The number of pyridine rings is 1. The first kappa shape index (κ1) is 12.1. The molecule has 19 heavy (non-hydrogen) atoms. The van der Waals surface area contributed by atoms with E-state index in [-0.39, 0.29) is 11.7 Å². The maximum Gasteiger partial charge on any atom is 0.164 e. The van der Waals surface area contributed by atoms with Crippen LogP contribution in [0.1, 0.15) is 11.5 Å². The van der Waals surface area contributed by atoms with Crippen molar-refractivity contribution in [3.63, 3.8) is 0 Å². The molecule has 0 saturated carbocycles. The molecule has 2 aromatic heterocycles. The lowest BCUT2D eigenvalue weighted by atomic mass is 10.3. The zero-order chi connectivity index (χ0) is 13.4. The Kier molecular flexibility index (Phi) is 2.95. The number of nitrogens with zero attached hydrogens (tertiary/aromatic N) is 3. The molecule has 2 heterocycles. The number of hydrogen-bond donors (Lipinski definition) is 0. The lowest BCUT2D eigenvalue weighted by Crippen LogP contribution is -2.01. The van der Waals surface area contributed by atoms with E-state index < -0.39 is 0 Å². The van der Waals surface area contributed by atoms with E-state index >= 15 is 0 Å². The number of benzene rings is 1. The minimum Gasteiger partial charge on any atom is -0.280 e. The number of alkyl halides is 1. The number of aromatic nitrogens is 3. The Bertz CT molecular complexity index is 752. The van der Waals surface area contributed by atoms with Gasteiger partial charge < -0.3 is 0 Å². The van der Waals surface area contributed by atoms with Gasteiger partial charge in [-0.05, 0) is 37.3 Å². The molecule has 0 amide bonds. The van der Waals surface area contributed by atoms with Crippen molar-refractivity contribution in [3.8, 4) is 5.69 Å². The Hall–Kier alpha value is -1.94. The maximum atomic E-state index is 13.4. The fraction of sp³-hybridized carbons (Fsp3) is 0.143. The fourth-order valence-electron chi connectivity index (χ4n) is 2.07. The molecule has 0 N–H and O–H groups in total. The number of imidazole rings is 1. The van der Waals surface area contributed by atoms with Crippen LogP contribution in [0.15, 0.2) is 36.4 Å². The minimum atomic E-state index is -0.299. The molecule has 0 unspecified atom stereocenters. The summed E-state index contributed by atoms with van der Waals surface area (Å²) >= 11 is 5.93. The molecular formula is C14H11ClFN3. The van der Waals surface area contributed by atoms with Crippen LogP contribution in [0.3, 0.4) is 0 Å². The molecule has 1 aromatic carbocycles. The standard InChI is InChI=1S/C14H11ClFN3/c1-9-5-6-12-14(17-9)19(13(8-15)18-12)11-4-2-3-10(16)7-11/h2-7H,8H2,1H3. The smallest absolute Gasteiger partial charge is 0.164 e. The predicted octanol–water partition coefficient (Wildman–Crippen LogP) is 3.61. The highest BCUT2D eigenvalue weighted by atomic mass is 35.5. The molecular weight excluding hydrogens is 265 g/mol. The average molecular weight is 276 g/mol. The molecule has 0 aliphatic carbocycles. The first-order valence-corrected chi connectivity index (χ1v) is 6.39. The highest BCUT2D eigenvalue weighted by Gasteiger charge is 2.13. The Morgan fingerprint density at radius 2 is 2.05 bits per heavy atom. The third-order valence-electron chi connectivity index (χ3n) is 2.90. The van der Waals surface area contributed by atoms with Crippen LogP contribution in [-0.2, 0) is 5.88 Å². The zero-order valence-corrected chi connectivity index (χ0v) is 11.0. The molecule has 3 aromatic rings. The monoisotopic (exact) mass is 275 g/mol. The van der Waals surface area contributed by atoms with Crippen molar-refractivity contribution in [3.05, 3.63) is 53.7 Å². The Morgan fingerprint density at radius 3 is 2.79 bits per heavy atom. The van der Waals surface area contributed by atoms with Gasteiger partial charge in [-0.2, -0.15) is 0 Å². The van der Waals surface area contributed by atoms with Gasteiger partial charge in [0.2, 0.25) is 0 Å². The average Bonchev–Trinajstić information content (AvgIpc) is 2.76. The summed E-state index contributed by atoms with van der Waals surface area (Å²) in [6.07, 6.45) is 0. The van der Waals surface area contributed by atoms with Crippen LogP contribution in [0, 0.1) is 12.7 Å². The number of hydrogen-bond acceptors (Lipinski definition) is 2. The van der Waals surface area contributed by atoms with E-state index in [1.54, 1.807) is 10.6 Å². The second kappa shape index (κ2) is 4.63. The van der Waals surface area contributed by atoms with E-state index in [1.807, 2.05) is 25.1 Å². The Balaban J connectivity index is 2.34. The van der Waals surface area contributed by atoms with Gasteiger partial charge in [0.05, 0.1) is 11.6 Å². The lowest BCUT2D eigenvalue weighted by molar-refractivity contribution is 0.626. The molecule has 3 nitrogen and oxygen atoms in total. The van der Waals surface area contributed by atoms with Crippen LogP contribution in [0.25, 0.3) is 16.9 Å². The SMILES string of the molecule is Cc1ccc2nc(CCl)n(-c3cccc(F)c3)c2n1. The summed E-state index contributed by atoms with van der Waals surface area (Å²) in [6.45, 7) is 1.91. The predicted molar refractivity (Wildman–Crippen MR) is 73.1 cm³/mol. The summed E-state index contributed by atoms with van der Waals surface area (Å²) in [5.74, 6) is 0.597. The van der Waals surface area contributed by atoms with Gasteiger partial charge in [0, 0.05) is 5.69 Å². The number of halogens is 2. The summed E-state index contributed by atoms with van der Waals surface area (Å²) in [6, 6.07) is 10.1. The summed E-state index contributed by atoms with van der Waals surface area (Å²) in [4.78, 5) is 8.89. The van der Waals surface area contributed by atoms with Gasteiger partial charge in [-0.1, -0.05) is 6.07 Å². The largest absolute Gasteiger partial charge is 0.280 e. The van der Waals surface area contributed by atoms with Crippen LogP contribution in [0.2, 0.25) is 0 Å². The molecule has 3 rings (SSSR count). The molecule has 0 atom stereocenters. The van der Waals surface area contributed by atoms with Crippen LogP contribution in [0.5, 0.6) is 0 Å². The summed E-state index contributed by atoms with van der Waals surface area (Å²) in [5, 5.41) is 0. The fourth-order valence-corrected chi connectivity index (χ4v) is 2.25. The van der Waals surface area contributed by atoms with E-state index in [9.17, 15) is 4.39 Å². The second-order valence-electron chi connectivity index (χ2n) is 4.27. The van der Waals surface area contributed by atoms with Crippen molar-refractivity contribution in [1.29, 1.82) is 0 Å². The van der Waals surface area contributed by atoms with Crippen molar-refractivity contribution in [2.24, 2.45) is 0 Å². The molecule has 0 aliphatic heterocycles. The Morgan fingerprint density at radius 1 is 1.21 bits per heavy atom. The minimum absolute atomic E-state index is 0.242. The van der Waals surface area contributed by atoms with E-state index in [0.29, 0.717) is 17.2 Å². The van der Waals surface area contributed by atoms with Gasteiger partial charge in [0.1, 0.15) is 17.2 Å². The molecule has 0 saturated heterocycles. The molecule has 0 fully saturated rings. The third kappa shape index (κ3) is 2.08. The summed E-state index contributed by atoms with van der Waals surface area (Å²) in [7, 11) is 0. The number of rotatable bonds is 2. The van der Waals surface area contributed by atoms with Gasteiger partial charge in [-0.25, -0.2) is 14.4 Å². The highest BCUT2D eigenvalue weighted by molar-refractivity contribution is 6.16. The van der Waals surface area contributed by atoms with E-state index in [2.05, 4.69) is 9.97 Å². The van der Waals surface area contributed by atoms with Gasteiger partial charge >= 0.3 is 0 Å². The van der Waals surface area contributed by atoms with Gasteiger partial charge in [0.15, 0.2) is 5.65 Å². The number of fused-ring (bicyclic) bond motifs is 1. The molecule has 0 spiro atoms. The highest BCUT2D eigenvalue weighted by Crippen LogP contribution is 2.22. The van der Waals surface area contributed by atoms with Crippen LogP contribution in [0.4, 0.5) is 4.39 Å². The maximum absolute atomic E-state index is 13.4. The topological polar surface area (TPSA) is 30.7 Å². The Labute approximate surface area is 114 Å². The van der Waals surface area contributed by atoms with Crippen molar-refractivity contribution < 1.29 is 4.39 Å².